The number of carbonyl (C=O) groups is 3. The monoisotopic (exact) mass is 537 g/mol. The van der Waals surface area contributed by atoms with Crippen molar-refractivity contribution in [1.82, 2.24) is 4.90 Å². The lowest BCUT2D eigenvalue weighted by molar-refractivity contribution is -0.123. The molecule has 1 heterocycles. The van der Waals surface area contributed by atoms with Gasteiger partial charge in [0.1, 0.15) is 18.1 Å². The number of ether oxygens (including phenoxy) is 2. The molecule has 4 rings (SSSR count). The average molecular weight is 538 g/mol. The molecule has 0 aliphatic carbocycles. The van der Waals surface area contributed by atoms with Crippen molar-refractivity contribution in [1.29, 1.82) is 0 Å². The summed E-state index contributed by atoms with van der Waals surface area (Å²) < 4.78 is 11.8. The summed E-state index contributed by atoms with van der Waals surface area (Å²) in [7, 11) is 0. The molecule has 2 amide bonds. The first-order valence-corrected chi connectivity index (χ1v) is 12.0. The Balaban J connectivity index is 1.35. The number of thioether (sulfide) groups is 1. The molecule has 3 aromatic rings. The van der Waals surface area contributed by atoms with Crippen LogP contribution < -0.4 is 9.47 Å². The number of carbonyl (C=O) groups excluding carboxylic acids is 3. The van der Waals surface area contributed by atoms with E-state index >= 15 is 0 Å². The minimum absolute atomic E-state index is 0.167. The minimum atomic E-state index is -0.469. The van der Waals surface area contributed by atoms with E-state index in [0.29, 0.717) is 27.5 Å². The van der Waals surface area contributed by atoms with Gasteiger partial charge in [0.15, 0.2) is 0 Å². The van der Waals surface area contributed by atoms with Crippen molar-refractivity contribution in [2.45, 2.75) is 6.92 Å². The van der Waals surface area contributed by atoms with Gasteiger partial charge >= 0.3 is 5.97 Å². The van der Waals surface area contributed by atoms with Crippen LogP contribution in [0.3, 0.4) is 0 Å². The van der Waals surface area contributed by atoms with E-state index in [9.17, 15) is 14.4 Å². The predicted octanol–water partition coefficient (Wildman–Crippen LogP) is 6.09. The molecule has 0 aromatic heterocycles. The normalized spacial score (nSPS) is 14.5. The van der Waals surface area contributed by atoms with Gasteiger partial charge in [-0.05, 0) is 78.4 Å². The number of nitrogens with zero attached hydrogens (tertiary/aromatic N) is 1. The van der Waals surface area contributed by atoms with Gasteiger partial charge in [-0.3, -0.25) is 14.5 Å². The lowest BCUT2D eigenvalue weighted by Crippen LogP contribution is -2.32. The van der Waals surface area contributed by atoms with E-state index in [1.165, 1.54) is 4.90 Å². The molecule has 172 valence electrons. The maximum Gasteiger partial charge on any atom is 0.343 e. The Kier molecular flexibility index (Phi) is 7.49. The first-order chi connectivity index (χ1) is 16.4. The zero-order valence-corrected chi connectivity index (χ0v) is 20.6. The van der Waals surface area contributed by atoms with Crippen molar-refractivity contribution in [3.05, 3.63) is 98.9 Å². The number of hydrogen-bond donors (Lipinski definition) is 0. The molecule has 0 atom stereocenters. The third-order valence-corrected chi connectivity index (χ3v) is 6.30. The van der Waals surface area contributed by atoms with E-state index in [0.717, 1.165) is 21.8 Å². The van der Waals surface area contributed by atoms with Gasteiger partial charge in [-0.15, -0.1) is 0 Å². The van der Waals surface area contributed by atoms with Gasteiger partial charge in [-0.25, -0.2) is 4.79 Å². The van der Waals surface area contributed by atoms with E-state index in [-0.39, 0.29) is 24.3 Å². The number of amides is 2. The number of halogens is 1. The molecule has 0 saturated carbocycles. The highest BCUT2D eigenvalue weighted by molar-refractivity contribution is 9.10. The second kappa shape index (κ2) is 10.7. The molecule has 1 aliphatic heterocycles. The fourth-order valence-corrected chi connectivity index (χ4v) is 4.48. The van der Waals surface area contributed by atoms with Crippen LogP contribution in [0.2, 0.25) is 0 Å². The fraction of sp³-hybridized carbons (Fsp3) is 0.115. The molecule has 8 heteroatoms. The molecule has 0 bridgehead atoms. The molecular formula is C26H20BrNO5S. The summed E-state index contributed by atoms with van der Waals surface area (Å²) in [5, 5.41) is -0.330. The molecular weight excluding hydrogens is 518 g/mol. The van der Waals surface area contributed by atoms with E-state index in [4.69, 9.17) is 9.47 Å². The van der Waals surface area contributed by atoms with Crippen LogP contribution in [-0.4, -0.2) is 35.2 Å². The number of imide groups is 1. The van der Waals surface area contributed by atoms with Gasteiger partial charge in [-0.2, -0.15) is 0 Å². The number of aryl methyl sites for hydroxylation is 1. The standard InChI is InChI=1S/C26H20BrNO5S/c1-17-4-2-7-22(14-17)32-13-12-28-24(29)23(34-26(28)31)15-18-8-10-21(11-9-18)33-25(30)19-5-3-6-20(27)16-19/h2-11,14-16H,12-13H2,1H3/b23-15-. The van der Waals surface area contributed by atoms with Crippen LogP contribution in [0.5, 0.6) is 11.5 Å². The molecule has 0 radical (unpaired) electrons. The second-order valence-corrected chi connectivity index (χ2v) is 9.38. The van der Waals surface area contributed by atoms with Crippen LogP contribution in [0, 0.1) is 6.92 Å². The van der Waals surface area contributed by atoms with Crippen molar-refractivity contribution >= 4 is 50.9 Å². The van der Waals surface area contributed by atoms with Crippen LogP contribution in [0.25, 0.3) is 6.08 Å². The second-order valence-electron chi connectivity index (χ2n) is 7.47. The SMILES string of the molecule is Cc1cccc(OCCN2C(=O)S/C(=C\c3ccc(OC(=O)c4cccc(Br)c4)cc3)C2=O)c1. The topological polar surface area (TPSA) is 72.9 Å². The van der Waals surface area contributed by atoms with Crippen molar-refractivity contribution in [2.75, 3.05) is 13.2 Å². The molecule has 0 spiro atoms. The van der Waals surface area contributed by atoms with Gasteiger partial charge in [0, 0.05) is 4.47 Å². The summed E-state index contributed by atoms with van der Waals surface area (Å²) in [6, 6.07) is 21.2. The smallest absolute Gasteiger partial charge is 0.343 e. The van der Waals surface area contributed by atoms with Gasteiger partial charge in [0.25, 0.3) is 11.1 Å². The number of benzene rings is 3. The van der Waals surface area contributed by atoms with Gasteiger partial charge in [0.05, 0.1) is 17.0 Å². The molecule has 34 heavy (non-hydrogen) atoms. The van der Waals surface area contributed by atoms with Gasteiger partial charge in [-0.1, -0.05) is 46.3 Å². The summed E-state index contributed by atoms with van der Waals surface area (Å²) in [5.74, 6) is 0.253. The zero-order chi connectivity index (χ0) is 24.1. The van der Waals surface area contributed by atoms with Crippen LogP contribution in [0.1, 0.15) is 21.5 Å². The molecule has 1 saturated heterocycles. The molecule has 1 fully saturated rings. The van der Waals surface area contributed by atoms with E-state index in [1.807, 2.05) is 37.3 Å². The Morgan fingerprint density at radius 3 is 2.50 bits per heavy atom. The van der Waals surface area contributed by atoms with Crippen molar-refractivity contribution in [3.8, 4) is 11.5 Å². The fourth-order valence-electron chi connectivity index (χ4n) is 3.22. The summed E-state index contributed by atoms with van der Waals surface area (Å²) >= 11 is 4.22. The number of rotatable bonds is 7. The average Bonchev–Trinajstić information content (AvgIpc) is 3.07. The van der Waals surface area contributed by atoms with Gasteiger partial charge in [0.2, 0.25) is 0 Å². The number of hydrogen-bond acceptors (Lipinski definition) is 6. The molecule has 0 unspecified atom stereocenters. The lowest BCUT2D eigenvalue weighted by Gasteiger charge is -2.13. The highest BCUT2D eigenvalue weighted by Crippen LogP contribution is 2.32. The minimum Gasteiger partial charge on any atom is -0.492 e. The van der Waals surface area contributed by atoms with Crippen molar-refractivity contribution in [3.63, 3.8) is 0 Å². The molecule has 1 aliphatic rings. The summed E-state index contributed by atoms with van der Waals surface area (Å²) in [4.78, 5) is 38.8. The van der Waals surface area contributed by atoms with Crippen LogP contribution >= 0.6 is 27.7 Å². The van der Waals surface area contributed by atoms with Crippen molar-refractivity contribution < 1.29 is 23.9 Å². The summed E-state index contributed by atoms with van der Waals surface area (Å²) in [6.45, 7) is 2.35. The zero-order valence-electron chi connectivity index (χ0n) is 18.2. The summed E-state index contributed by atoms with van der Waals surface area (Å²) in [6.07, 6.45) is 1.65. The molecule has 6 nitrogen and oxygen atoms in total. The van der Waals surface area contributed by atoms with Crippen LogP contribution in [0.15, 0.2) is 82.2 Å². The summed E-state index contributed by atoms with van der Waals surface area (Å²) in [5.41, 5.74) is 2.21. The van der Waals surface area contributed by atoms with Gasteiger partial charge < -0.3 is 9.47 Å². The van der Waals surface area contributed by atoms with Crippen LogP contribution in [0.4, 0.5) is 4.79 Å². The highest BCUT2D eigenvalue weighted by atomic mass is 79.9. The third kappa shape index (κ3) is 5.95. The maximum atomic E-state index is 12.7. The number of esters is 1. The first kappa shape index (κ1) is 23.8. The third-order valence-electron chi connectivity index (χ3n) is 4.90. The Labute approximate surface area is 209 Å². The molecule has 3 aromatic carbocycles. The first-order valence-electron chi connectivity index (χ1n) is 10.4. The van der Waals surface area contributed by atoms with E-state index in [1.54, 1.807) is 48.5 Å². The lowest BCUT2D eigenvalue weighted by atomic mass is 10.2. The van der Waals surface area contributed by atoms with Crippen LogP contribution in [-0.2, 0) is 4.79 Å². The predicted molar refractivity (Wildman–Crippen MR) is 135 cm³/mol. The Bertz CT molecular complexity index is 1270. The van der Waals surface area contributed by atoms with Crippen molar-refractivity contribution in [2.24, 2.45) is 0 Å². The Morgan fingerprint density at radius 2 is 1.76 bits per heavy atom. The maximum absolute atomic E-state index is 12.7. The highest BCUT2D eigenvalue weighted by Gasteiger charge is 2.34. The molecule has 0 N–H and O–H groups in total. The Hall–Kier alpha value is -3.36. The largest absolute Gasteiger partial charge is 0.492 e. The quantitative estimate of drug-likeness (QED) is 0.206. The van der Waals surface area contributed by atoms with E-state index < -0.39 is 5.97 Å². The van der Waals surface area contributed by atoms with E-state index in [2.05, 4.69) is 15.9 Å². The Morgan fingerprint density at radius 1 is 1.00 bits per heavy atom.